The number of anilines is 1. The minimum atomic E-state index is -4.88. The first-order valence-corrected chi connectivity index (χ1v) is 11.5. The molecule has 0 saturated carbocycles. The van der Waals surface area contributed by atoms with E-state index in [4.69, 9.17) is 23.2 Å². The molecule has 1 heterocycles. The van der Waals surface area contributed by atoms with Crippen LogP contribution in [0.25, 0.3) is 0 Å². The maximum Gasteiger partial charge on any atom is 0.419 e. The highest BCUT2D eigenvalue weighted by Crippen LogP contribution is 2.32. The second-order valence-corrected chi connectivity index (χ2v) is 9.93. The minimum absolute atomic E-state index is 0.0173. The molecule has 6 nitrogen and oxygen atoms in total. The molecule has 170 valence electrons. The fourth-order valence-electron chi connectivity index (χ4n) is 2.52. The van der Waals surface area contributed by atoms with Crippen LogP contribution in [0.5, 0.6) is 0 Å². The average molecular weight is 528 g/mol. The Kier molecular flexibility index (Phi) is 6.98. The van der Waals surface area contributed by atoms with E-state index < -0.39 is 33.5 Å². The van der Waals surface area contributed by atoms with E-state index in [1.54, 1.807) is 0 Å². The lowest BCUT2D eigenvalue weighted by Crippen LogP contribution is -2.23. The van der Waals surface area contributed by atoms with E-state index >= 15 is 0 Å². The van der Waals surface area contributed by atoms with Gasteiger partial charge in [0, 0.05) is 12.1 Å². The average Bonchev–Trinajstić information content (AvgIpc) is 3.09. The molecule has 2 N–H and O–H groups in total. The molecule has 2 aromatic carbocycles. The Labute approximate surface area is 193 Å². The second-order valence-electron chi connectivity index (χ2n) is 6.21. The monoisotopic (exact) mass is 527 g/mol. The summed E-state index contributed by atoms with van der Waals surface area (Å²) in [5, 5.41) is 2.12. The molecule has 1 amide bonds. The van der Waals surface area contributed by atoms with Crippen LogP contribution in [-0.4, -0.2) is 19.3 Å². The molecule has 14 heteroatoms. The standard InChI is InChI=1S/C18H11Cl2F4N3O3S2/c19-12-6-10(2-4-14(12)32(29,30)27-17-26-8-15(20)31-17)16(28)25-7-9-1-3-13(21)11(5-9)18(22,23)24/h1-6,8H,7H2,(H,25,28)(H,26,27). The lowest BCUT2D eigenvalue weighted by atomic mass is 10.1. The number of hydrogen-bond acceptors (Lipinski definition) is 5. The third-order valence-electron chi connectivity index (χ3n) is 3.97. The predicted octanol–water partition coefficient (Wildman–Crippen LogP) is 5.34. The van der Waals surface area contributed by atoms with Gasteiger partial charge in [-0.25, -0.2) is 17.8 Å². The molecule has 1 aromatic heterocycles. The van der Waals surface area contributed by atoms with Crippen molar-refractivity contribution in [2.24, 2.45) is 0 Å². The zero-order chi connectivity index (χ0) is 23.7. The van der Waals surface area contributed by atoms with Gasteiger partial charge < -0.3 is 5.32 Å². The summed E-state index contributed by atoms with van der Waals surface area (Å²) in [6.07, 6.45) is -3.62. The van der Waals surface area contributed by atoms with Gasteiger partial charge in [0.2, 0.25) is 0 Å². The van der Waals surface area contributed by atoms with Crippen molar-refractivity contribution in [2.75, 3.05) is 4.72 Å². The van der Waals surface area contributed by atoms with Crippen molar-refractivity contribution in [1.82, 2.24) is 10.3 Å². The summed E-state index contributed by atoms with van der Waals surface area (Å²) in [4.78, 5) is 15.8. The number of nitrogens with one attached hydrogen (secondary N) is 2. The summed E-state index contributed by atoms with van der Waals surface area (Å²) in [6.45, 7) is -0.327. The summed E-state index contributed by atoms with van der Waals surface area (Å²) in [7, 11) is -4.12. The van der Waals surface area contributed by atoms with Gasteiger partial charge in [-0.05, 0) is 35.9 Å². The van der Waals surface area contributed by atoms with Gasteiger partial charge in [-0.15, -0.1) is 0 Å². The largest absolute Gasteiger partial charge is 0.419 e. The topological polar surface area (TPSA) is 88.2 Å². The van der Waals surface area contributed by atoms with Crippen LogP contribution in [0, 0.1) is 5.82 Å². The molecular weight excluding hydrogens is 517 g/mol. The fraction of sp³-hybridized carbons (Fsp3) is 0.111. The smallest absolute Gasteiger partial charge is 0.348 e. The van der Waals surface area contributed by atoms with Gasteiger partial charge in [0.25, 0.3) is 15.9 Å². The van der Waals surface area contributed by atoms with Crippen LogP contribution in [0.3, 0.4) is 0 Å². The zero-order valence-electron chi connectivity index (χ0n) is 15.5. The molecule has 0 saturated heterocycles. The highest BCUT2D eigenvalue weighted by atomic mass is 35.5. The van der Waals surface area contributed by atoms with Crippen LogP contribution in [0.1, 0.15) is 21.5 Å². The Hall–Kier alpha value is -2.41. The maximum absolute atomic E-state index is 13.4. The number of amides is 1. The molecule has 0 fully saturated rings. The van der Waals surface area contributed by atoms with Crippen molar-refractivity contribution < 1.29 is 30.8 Å². The summed E-state index contributed by atoms with van der Waals surface area (Å²) >= 11 is 12.6. The van der Waals surface area contributed by atoms with Crippen LogP contribution >= 0.6 is 34.5 Å². The summed E-state index contributed by atoms with van der Waals surface area (Å²) < 4.78 is 79.2. The van der Waals surface area contributed by atoms with Crippen LogP contribution in [-0.2, 0) is 22.7 Å². The van der Waals surface area contributed by atoms with E-state index in [2.05, 4.69) is 15.0 Å². The minimum Gasteiger partial charge on any atom is -0.348 e. The van der Waals surface area contributed by atoms with E-state index in [-0.39, 0.29) is 37.1 Å². The van der Waals surface area contributed by atoms with Crippen molar-refractivity contribution >= 4 is 55.6 Å². The predicted molar refractivity (Wildman–Crippen MR) is 112 cm³/mol. The van der Waals surface area contributed by atoms with Gasteiger partial charge in [0.05, 0.1) is 16.8 Å². The normalized spacial score (nSPS) is 11.9. The molecule has 0 unspecified atom stereocenters. The number of benzene rings is 2. The van der Waals surface area contributed by atoms with Crippen LogP contribution < -0.4 is 10.0 Å². The number of alkyl halides is 3. The molecule has 0 bridgehead atoms. The van der Waals surface area contributed by atoms with Gasteiger partial charge in [0.15, 0.2) is 5.13 Å². The van der Waals surface area contributed by atoms with Crippen LogP contribution in [0.2, 0.25) is 9.36 Å². The van der Waals surface area contributed by atoms with E-state index in [0.717, 1.165) is 29.5 Å². The molecule has 0 aliphatic rings. The molecule has 0 atom stereocenters. The SMILES string of the molecule is O=C(NCc1ccc(F)c(C(F)(F)F)c1)c1ccc(S(=O)(=O)Nc2ncc(Cl)s2)c(Cl)c1. The number of nitrogens with zero attached hydrogens (tertiary/aromatic N) is 1. The van der Waals surface area contributed by atoms with Crippen molar-refractivity contribution in [3.8, 4) is 0 Å². The van der Waals surface area contributed by atoms with Gasteiger partial charge in [-0.2, -0.15) is 13.2 Å². The van der Waals surface area contributed by atoms with E-state index in [1.165, 1.54) is 12.3 Å². The lowest BCUT2D eigenvalue weighted by molar-refractivity contribution is -0.140. The van der Waals surface area contributed by atoms with Gasteiger partial charge in [0.1, 0.15) is 15.0 Å². The Bertz CT molecular complexity index is 1280. The molecule has 0 radical (unpaired) electrons. The highest BCUT2D eigenvalue weighted by molar-refractivity contribution is 7.93. The lowest BCUT2D eigenvalue weighted by Gasteiger charge is -2.12. The quantitative estimate of drug-likeness (QED) is 0.423. The fourth-order valence-corrected chi connectivity index (χ4v) is 5.12. The van der Waals surface area contributed by atoms with Crippen molar-refractivity contribution in [3.05, 3.63) is 74.5 Å². The number of carbonyl (C=O) groups is 1. The molecule has 3 aromatic rings. The third-order valence-corrected chi connectivity index (χ3v) is 6.95. The van der Waals surface area contributed by atoms with Crippen LogP contribution in [0.15, 0.2) is 47.5 Å². The van der Waals surface area contributed by atoms with E-state index in [1.807, 2.05) is 0 Å². The summed E-state index contributed by atoms with van der Waals surface area (Å²) in [5.74, 6) is -2.15. The molecule has 0 aliphatic heterocycles. The van der Waals surface area contributed by atoms with Crippen molar-refractivity contribution in [3.63, 3.8) is 0 Å². The number of hydrogen-bond donors (Lipinski definition) is 2. The van der Waals surface area contributed by atoms with Crippen LogP contribution in [0.4, 0.5) is 22.7 Å². The van der Waals surface area contributed by atoms with Gasteiger partial charge in [-0.3, -0.25) is 9.52 Å². The highest BCUT2D eigenvalue weighted by Gasteiger charge is 2.34. The molecule has 0 spiro atoms. The second kappa shape index (κ2) is 9.22. The number of rotatable bonds is 6. The van der Waals surface area contributed by atoms with E-state index in [0.29, 0.717) is 12.1 Å². The number of halogens is 6. The number of thiazole rings is 1. The maximum atomic E-state index is 13.4. The third kappa shape index (κ3) is 5.68. The van der Waals surface area contributed by atoms with Crippen molar-refractivity contribution in [2.45, 2.75) is 17.6 Å². The number of carbonyl (C=O) groups excluding carboxylic acids is 1. The summed E-state index contributed by atoms with van der Waals surface area (Å²) in [6, 6.07) is 5.71. The van der Waals surface area contributed by atoms with Gasteiger partial charge >= 0.3 is 6.18 Å². The molecular formula is C18H11Cl2F4N3O3S2. The Balaban J connectivity index is 1.73. The first kappa shape index (κ1) is 24.2. The van der Waals surface area contributed by atoms with Gasteiger partial charge in [-0.1, -0.05) is 40.6 Å². The first-order chi connectivity index (χ1) is 14.9. The van der Waals surface area contributed by atoms with E-state index in [9.17, 15) is 30.8 Å². The molecule has 32 heavy (non-hydrogen) atoms. The van der Waals surface area contributed by atoms with Crippen molar-refractivity contribution in [1.29, 1.82) is 0 Å². The Morgan fingerprint density at radius 3 is 2.44 bits per heavy atom. The summed E-state index contributed by atoms with van der Waals surface area (Å²) in [5.41, 5.74) is -1.47. The molecule has 0 aliphatic carbocycles. The Morgan fingerprint density at radius 2 is 1.84 bits per heavy atom. The Morgan fingerprint density at radius 1 is 1.12 bits per heavy atom. The molecule has 3 rings (SSSR count). The number of sulfonamides is 1. The number of aromatic nitrogens is 1. The zero-order valence-corrected chi connectivity index (χ0v) is 18.6. The first-order valence-electron chi connectivity index (χ1n) is 8.44.